The molecule has 124 valence electrons. The lowest BCUT2D eigenvalue weighted by Crippen LogP contribution is -2.52. The van der Waals surface area contributed by atoms with E-state index in [1.165, 1.54) is 4.90 Å². The van der Waals surface area contributed by atoms with Crippen LogP contribution in [0.3, 0.4) is 0 Å². The van der Waals surface area contributed by atoms with Crippen LogP contribution in [0.1, 0.15) is 34.1 Å². The van der Waals surface area contributed by atoms with E-state index in [1.54, 1.807) is 7.05 Å². The Bertz CT molecular complexity index is 481. The third kappa shape index (κ3) is 7.31. The summed E-state index contributed by atoms with van der Waals surface area (Å²) in [5.41, 5.74) is -0.155. The van der Waals surface area contributed by atoms with E-state index < -0.39 is 27.9 Å². The topological polar surface area (TPSA) is 104 Å². The Hall–Kier alpha value is -1.31. The monoisotopic (exact) mass is 322 g/mol. The number of carbonyl (C=O) groups excluding carboxylic acids is 1. The summed E-state index contributed by atoms with van der Waals surface area (Å²) in [5.74, 6) is -1.54. The van der Waals surface area contributed by atoms with Gasteiger partial charge >= 0.3 is 12.0 Å². The number of nitrogens with zero attached hydrogens (tertiary/aromatic N) is 1. The normalized spacial score (nSPS) is 15.1. The number of carboxylic acids is 1. The van der Waals surface area contributed by atoms with Crippen molar-refractivity contribution in [1.29, 1.82) is 0 Å². The molecule has 2 amide bonds. The standard InChI is InChI=1S/C13H26N2O5S/c1-9(13(2,3)4)15(5)12(18)14-10(11(16)17)7-8-21(6,19)20/h9-10H,7-8H2,1-6H3,(H,14,18)(H,16,17). The molecule has 0 saturated heterocycles. The molecule has 0 rings (SSSR count). The minimum atomic E-state index is -3.28. The molecule has 0 fully saturated rings. The van der Waals surface area contributed by atoms with Gasteiger partial charge in [0.2, 0.25) is 0 Å². The molecule has 0 aliphatic heterocycles. The lowest BCUT2D eigenvalue weighted by Gasteiger charge is -2.35. The smallest absolute Gasteiger partial charge is 0.326 e. The molecular formula is C13H26N2O5S. The Morgan fingerprint density at radius 2 is 1.76 bits per heavy atom. The van der Waals surface area contributed by atoms with Crippen molar-refractivity contribution in [2.75, 3.05) is 19.1 Å². The molecule has 8 heteroatoms. The molecule has 0 radical (unpaired) electrons. The van der Waals surface area contributed by atoms with Crippen molar-refractivity contribution in [2.45, 2.75) is 46.2 Å². The highest BCUT2D eigenvalue weighted by Crippen LogP contribution is 2.22. The number of nitrogens with one attached hydrogen (secondary N) is 1. The molecule has 21 heavy (non-hydrogen) atoms. The van der Waals surface area contributed by atoms with Gasteiger partial charge in [0.25, 0.3) is 0 Å². The molecule has 0 aliphatic carbocycles. The lowest BCUT2D eigenvalue weighted by molar-refractivity contribution is -0.139. The summed E-state index contributed by atoms with van der Waals surface area (Å²) in [5, 5.41) is 11.4. The van der Waals surface area contributed by atoms with Crippen molar-refractivity contribution >= 4 is 21.8 Å². The van der Waals surface area contributed by atoms with Gasteiger partial charge in [-0.25, -0.2) is 18.0 Å². The quantitative estimate of drug-likeness (QED) is 0.757. The predicted molar refractivity (Wildman–Crippen MR) is 81.0 cm³/mol. The van der Waals surface area contributed by atoms with Gasteiger partial charge in [-0.05, 0) is 18.8 Å². The number of urea groups is 1. The summed E-state index contributed by atoms with van der Waals surface area (Å²) in [7, 11) is -1.69. The number of carboxylic acid groups (broad SMARTS) is 1. The molecule has 0 aromatic heterocycles. The number of hydrogen-bond donors (Lipinski definition) is 2. The molecule has 0 heterocycles. The second kappa shape index (κ2) is 7.11. The van der Waals surface area contributed by atoms with Gasteiger partial charge in [0.1, 0.15) is 15.9 Å². The van der Waals surface area contributed by atoms with E-state index in [2.05, 4.69) is 5.32 Å². The van der Waals surface area contributed by atoms with Crippen molar-refractivity contribution in [3.05, 3.63) is 0 Å². The van der Waals surface area contributed by atoms with Gasteiger partial charge in [-0.3, -0.25) is 0 Å². The van der Waals surface area contributed by atoms with E-state index in [4.69, 9.17) is 5.11 Å². The molecule has 0 aromatic carbocycles. The van der Waals surface area contributed by atoms with Crippen LogP contribution in [-0.4, -0.2) is 61.6 Å². The van der Waals surface area contributed by atoms with Crippen LogP contribution in [0.25, 0.3) is 0 Å². The maximum atomic E-state index is 12.1. The number of hydrogen-bond acceptors (Lipinski definition) is 4. The van der Waals surface area contributed by atoms with Gasteiger partial charge in [-0.15, -0.1) is 0 Å². The van der Waals surface area contributed by atoms with E-state index in [9.17, 15) is 18.0 Å². The van der Waals surface area contributed by atoms with Gasteiger partial charge in [0.15, 0.2) is 0 Å². The largest absolute Gasteiger partial charge is 0.480 e. The van der Waals surface area contributed by atoms with Crippen LogP contribution in [0.5, 0.6) is 0 Å². The number of sulfone groups is 1. The number of rotatable bonds is 6. The fourth-order valence-corrected chi connectivity index (χ4v) is 2.26. The van der Waals surface area contributed by atoms with Gasteiger partial charge in [0, 0.05) is 19.3 Å². The maximum Gasteiger partial charge on any atom is 0.326 e. The minimum absolute atomic E-state index is 0.109. The zero-order valence-corrected chi connectivity index (χ0v) is 14.3. The first-order chi connectivity index (χ1) is 9.25. The third-order valence-corrected chi connectivity index (χ3v) is 4.51. The highest BCUT2D eigenvalue weighted by molar-refractivity contribution is 7.90. The molecule has 0 saturated carbocycles. The lowest BCUT2D eigenvalue weighted by atomic mass is 9.87. The van der Waals surface area contributed by atoms with Crippen molar-refractivity contribution in [2.24, 2.45) is 5.41 Å². The summed E-state index contributed by atoms with van der Waals surface area (Å²) < 4.78 is 22.2. The Morgan fingerprint density at radius 1 is 1.29 bits per heavy atom. The minimum Gasteiger partial charge on any atom is -0.480 e. The van der Waals surface area contributed by atoms with E-state index >= 15 is 0 Å². The van der Waals surface area contributed by atoms with Crippen LogP contribution in [0.15, 0.2) is 0 Å². The van der Waals surface area contributed by atoms with Crippen LogP contribution in [0, 0.1) is 5.41 Å². The summed E-state index contributed by atoms with van der Waals surface area (Å²) in [4.78, 5) is 24.6. The highest BCUT2D eigenvalue weighted by Gasteiger charge is 2.29. The van der Waals surface area contributed by atoms with Crippen LogP contribution < -0.4 is 5.32 Å². The zero-order valence-electron chi connectivity index (χ0n) is 13.5. The Balaban J connectivity index is 4.80. The van der Waals surface area contributed by atoms with E-state index in [0.29, 0.717) is 0 Å². The van der Waals surface area contributed by atoms with Crippen molar-refractivity contribution in [1.82, 2.24) is 10.2 Å². The number of carbonyl (C=O) groups is 2. The Kier molecular flexibility index (Phi) is 6.66. The van der Waals surface area contributed by atoms with E-state index in [0.717, 1.165) is 6.26 Å². The molecule has 2 N–H and O–H groups in total. The number of aliphatic carboxylic acids is 1. The first-order valence-electron chi connectivity index (χ1n) is 6.69. The average Bonchev–Trinajstić information content (AvgIpc) is 2.29. The SMILES string of the molecule is CC(N(C)C(=O)NC(CCS(C)(=O)=O)C(=O)O)C(C)(C)C. The third-order valence-electron chi connectivity index (χ3n) is 3.53. The van der Waals surface area contributed by atoms with Gasteiger partial charge in [0.05, 0.1) is 5.75 Å². The van der Waals surface area contributed by atoms with Gasteiger partial charge in [-0.2, -0.15) is 0 Å². The fraction of sp³-hybridized carbons (Fsp3) is 0.846. The van der Waals surface area contributed by atoms with Crippen LogP contribution in [0.4, 0.5) is 4.79 Å². The Labute approximate surface area is 126 Å². The van der Waals surface area contributed by atoms with Crippen LogP contribution in [-0.2, 0) is 14.6 Å². The molecular weight excluding hydrogens is 296 g/mol. The molecule has 2 atom stereocenters. The zero-order chi connectivity index (χ0) is 17.0. The molecule has 0 spiro atoms. The predicted octanol–water partition coefficient (Wildman–Crippen LogP) is 0.950. The van der Waals surface area contributed by atoms with Crippen LogP contribution >= 0.6 is 0 Å². The number of amides is 2. The summed E-state index contributed by atoms with van der Waals surface area (Å²) >= 11 is 0. The second-order valence-electron chi connectivity index (χ2n) is 6.41. The average molecular weight is 322 g/mol. The molecule has 0 aliphatic rings. The fourth-order valence-electron chi connectivity index (χ4n) is 1.60. The summed E-state index contributed by atoms with van der Waals surface area (Å²) in [6.45, 7) is 7.78. The molecule has 2 unspecified atom stereocenters. The summed E-state index contributed by atoms with van der Waals surface area (Å²) in [6, 6.07) is -1.86. The van der Waals surface area contributed by atoms with E-state index in [-0.39, 0.29) is 23.6 Å². The van der Waals surface area contributed by atoms with Crippen LogP contribution in [0.2, 0.25) is 0 Å². The van der Waals surface area contributed by atoms with Crippen molar-refractivity contribution in [3.8, 4) is 0 Å². The van der Waals surface area contributed by atoms with E-state index in [1.807, 2.05) is 27.7 Å². The molecule has 0 aromatic rings. The Morgan fingerprint density at radius 3 is 2.10 bits per heavy atom. The first kappa shape index (κ1) is 19.7. The van der Waals surface area contributed by atoms with Gasteiger partial charge in [-0.1, -0.05) is 20.8 Å². The van der Waals surface area contributed by atoms with Gasteiger partial charge < -0.3 is 15.3 Å². The molecule has 7 nitrogen and oxygen atoms in total. The van der Waals surface area contributed by atoms with Crippen molar-refractivity contribution < 1.29 is 23.1 Å². The van der Waals surface area contributed by atoms with Crippen molar-refractivity contribution in [3.63, 3.8) is 0 Å². The highest BCUT2D eigenvalue weighted by atomic mass is 32.2. The maximum absolute atomic E-state index is 12.1. The first-order valence-corrected chi connectivity index (χ1v) is 8.75. The summed E-state index contributed by atoms with van der Waals surface area (Å²) in [6.07, 6.45) is 0.874. The molecule has 0 bridgehead atoms. The second-order valence-corrected chi connectivity index (χ2v) is 8.67.